The summed E-state index contributed by atoms with van der Waals surface area (Å²) in [7, 11) is -0.768. The number of H-pyrrole nitrogens is 1. The highest BCUT2D eigenvalue weighted by atomic mass is 32.2. The second-order valence-electron chi connectivity index (χ2n) is 8.39. The van der Waals surface area contributed by atoms with E-state index in [1.165, 1.54) is 30.7 Å². The molecule has 1 unspecified atom stereocenters. The molecular weight excluding hydrogens is 480 g/mol. The molecule has 1 N–H and O–H groups in total. The first-order valence-corrected chi connectivity index (χ1v) is 12.9. The van der Waals surface area contributed by atoms with Crippen LogP contribution in [-0.4, -0.2) is 67.4 Å². The van der Waals surface area contributed by atoms with Crippen molar-refractivity contribution in [2.24, 2.45) is 0 Å². The van der Waals surface area contributed by atoms with Gasteiger partial charge in [-0.2, -0.15) is 4.31 Å². The fourth-order valence-corrected chi connectivity index (χ4v) is 5.89. The van der Waals surface area contributed by atoms with Gasteiger partial charge in [-0.25, -0.2) is 13.4 Å². The summed E-state index contributed by atoms with van der Waals surface area (Å²) in [5, 5.41) is 0. The molecule has 0 saturated carbocycles. The number of amides is 1. The molecule has 0 radical (unpaired) electrons. The zero-order valence-corrected chi connectivity index (χ0v) is 20.7. The zero-order valence-electron chi connectivity index (χ0n) is 19.9. The van der Waals surface area contributed by atoms with Crippen molar-refractivity contribution in [2.45, 2.75) is 10.9 Å². The number of imidazole rings is 1. The van der Waals surface area contributed by atoms with Crippen LogP contribution in [0.1, 0.15) is 22.2 Å². The van der Waals surface area contributed by atoms with E-state index >= 15 is 0 Å². The van der Waals surface area contributed by atoms with Gasteiger partial charge in [-0.3, -0.25) is 4.79 Å². The molecule has 10 heteroatoms. The molecule has 1 atom stereocenters. The van der Waals surface area contributed by atoms with Crippen molar-refractivity contribution in [1.29, 1.82) is 0 Å². The first-order chi connectivity index (χ1) is 17.4. The summed E-state index contributed by atoms with van der Waals surface area (Å²) in [5.74, 6) is 1.30. The molecule has 3 aromatic carbocycles. The van der Waals surface area contributed by atoms with Gasteiger partial charge in [-0.1, -0.05) is 24.3 Å². The van der Waals surface area contributed by atoms with Crippen molar-refractivity contribution in [3.63, 3.8) is 0 Å². The average Bonchev–Trinajstić information content (AvgIpc) is 3.36. The number of nitrogens with one attached hydrogen (secondary N) is 1. The third kappa shape index (κ3) is 4.29. The maximum absolute atomic E-state index is 13.7. The van der Waals surface area contributed by atoms with E-state index in [0.717, 1.165) is 11.0 Å². The minimum Gasteiger partial charge on any atom is -0.497 e. The second kappa shape index (κ2) is 9.63. The van der Waals surface area contributed by atoms with Gasteiger partial charge in [-0.05, 0) is 48.5 Å². The van der Waals surface area contributed by atoms with Gasteiger partial charge in [0.25, 0.3) is 5.91 Å². The lowest BCUT2D eigenvalue weighted by molar-refractivity contribution is 0.0547. The molecule has 1 saturated heterocycles. The van der Waals surface area contributed by atoms with Crippen LogP contribution in [-0.2, 0) is 10.0 Å². The number of hydrogen-bond acceptors (Lipinski definition) is 6. The highest BCUT2D eigenvalue weighted by molar-refractivity contribution is 7.89. The highest BCUT2D eigenvalue weighted by Gasteiger charge is 2.39. The van der Waals surface area contributed by atoms with Crippen LogP contribution in [0.5, 0.6) is 11.5 Å². The van der Waals surface area contributed by atoms with Crippen molar-refractivity contribution in [2.75, 3.05) is 33.9 Å². The molecule has 0 bridgehead atoms. The molecule has 9 nitrogen and oxygen atoms in total. The molecule has 1 aromatic heterocycles. The number of sulfonamides is 1. The molecule has 0 spiro atoms. The molecule has 2 heterocycles. The monoisotopic (exact) mass is 506 g/mol. The van der Waals surface area contributed by atoms with Crippen LogP contribution in [0, 0.1) is 0 Å². The van der Waals surface area contributed by atoms with Crippen molar-refractivity contribution in [3.05, 3.63) is 84.2 Å². The SMILES string of the molecule is COc1ccc(S(=O)(=O)N2CCN(C(=O)c3ccccc3OC)C(c3nc4ccccc4[nH]3)C2)cc1. The van der Waals surface area contributed by atoms with Crippen molar-refractivity contribution < 1.29 is 22.7 Å². The molecule has 36 heavy (non-hydrogen) atoms. The van der Waals surface area contributed by atoms with E-state index in [-0.39, 0.29) is 30.4 Å². The lowest BCUT2D eigenvalue weighted by Crippen LogP contribution is -2.52. The largest absolute Gasteiger partial charge is 0.497 e. The van der Waals surface area contributed by atoms with Gasteiger partial charge in [-0.15, -0.1) is 0 Å². The number of ether oxygens (including phenoxy) is 2. The Morgan fingerprint density at radius 2 is 1.67 bits per heavy atom. The Labute approximate surface area is 209 Å². The topological polar surface area (TPSA) is 105 Å². The standard InChI is InChI=1S/C26H26N4O5S/c1-34-18-11-13-19(14-12-18)36(32,33)29-15-16-30(26(31)20-7-3-6-10-24(20)35-2)23(17-29)25-27-21-8-4-5-9-22(21)28-25/h3-14,23H,15-17H2,1-2H3,(H,27,28). The van der Waals surface area contributed by atoms with E-state index in [2.05, 4.69) is 4.98 Å². The van der Waals surface area contributed by atoms with Gasteiger partial charge in [0, 0.05) is 19.6 Å². The number of rotatable bonds is 6. The summed E-state index contributed by atoms with van der Waals surface area (Å²) in [6.45, 7) is 0.384. The number of aromatic nitrogens is 2. The number of nitrogens with zero attached hydrogens (tertiary/aromatic N) is 3. The lowest BCUT2D eigenvalue weighted by Gasteiger charge is -2.40. The van der Waals surface area contributed by atoms with Crippen LogP contribution in [0.25, 0.3) is 11.0 Å². The van der Waals surface area contributed by atoms with Gasteiger partial charge < -0.3 is 19.4 Å². The number of carbonyl (C=O) groups is 1. The predicted molar refractivity (Wildman–Crippen MR) is 135 cm³/mol. The Hall–Kier alpha value is -3.89. The van der Waals surface area contributed by atoms with Gasteiger partial charge in [0.05, 0.1) is 35.7 Å². The molecule has 1 fully saturated rings. The maximum atomic E-state index is 13.7. The van der Waals surface area contributed by atoms with Gasteiger partial charge in [0.15, 0.2) is 0 Å². The number of carbonyl (C=O) groups excluding carboxylic acids is 1. The van der Waals surface area contributed by atoms with E-state index < -0.39 is 16.1 Å². The summed E-state index contributed by atoms with van der Waals surface area (Å²) in [5.41, 5.74) is 1.97. The number of benzene rings is 3. The van der Waals surface area contributed by atoms with E-state index in [4.69, 9.17) is 14.5 Å². The summed E-state index contributed by atoms with van der Waals surface area (Å²) in [6.07, 6.45) is 0. The molecule has 0 aliphatic carbocycles. The second-order valence-corrected chi connectivity index (χ2v) is 10.3. The summed E-state index contributed by atoms with van der Waals surface area (Å²) in [4.78, 5) is 23.5. The number of hydrogen-bond donors (Lipinski definition) is 1. The molecule has 1 aliphatic rings. The van der Waals surface area contributed by atoms with E-state index in [9.17, 15) is 13.2 Å². The predicted octanol–water partition coefficient (Wildman–Crippen LogP) is 3.47. The first-order valence-electron chi connectivity index (χ1n) is 11.4. The molecule has 4 aromatic rings. The van der Waals surface area contributed by atoms with E-state index in [1.54, 1.807) is 41.3 Å². The lowest BCUT2D eigenvalue weighted by atomic mass is 10.1. The summed E-state index contributed by atoms with van der Waals surface area (Å²) in [6, 6.07) is 20.2. The average molecular weight is 507 g/mol. The van der Waals surface area contributed by atoms with Crippen molar-refractivity contribution >= 4 is 27.0 Å². The smallest absolute Gasteiger partial charge is 0.258 e. The van der Waals surface area contributed by atoms with Crippen molar-refractivity contribution in [1.82, 2.24) is 19.2 Å². The van der Waals surface area contributed by atoms with Gasteiger partial charge in [0.1, 0.15) is 23.4 Å². The minimum atomic E-state index is -3.81. The number of piperazine rings is 1. The number of methoxy groups -OCH3 is 2. The summed E-state index contributed by atoms with van der Waals surface area (Å²) >= 11 is 0. The van der Waals surface area contributed by atoms with E-state index in [0.29, 0.717) is 22.9 Å². The minimum absolute atomic E-state index is 0.0507. The molecule has 186 valence electrons. The van der Waals surface area contributed by atoms with Crippen LogP contribution < -0.4 is 9.47 Å². The maximum Gasteiger partial charge on any atom is 0.258 e. The van der Waals surface area contributed by atoms with Crippen LogP contribution in [0.2, 0.25) is 0 Å². The number of para-hydroxylation sites is 3. The van der Waals surface area contributed by atoms with E-state index in [1.807, 2.05) is 24.3 Å². The molecule has 1 amide bonds. The third-order valence-corrected chi connectivity index (χ3v) is 8.24. The van der Waals surface area contributed by atoms with Gasteiger partial charge in [0.2, 0.25) is 10.0 Å². The summed E-state index contributed by atoms with van der Waals surface area (Å²) < 4.78 is 39.0. The Balaban J connectivity index is 1.53. The number of fused-ring (bicyclic) bond motifs is 1. The first kappa shape index (κ1) is 23.8. The number of aromatic amines is 1. The van der Waals surface area contributed by atoms with Crippen LogP contribution >= 0.6 is 0 Å². The van der Waals surface area contributed by atoms with Crippen LogP contribution in [0.4, 0.5) is 0 Å². The van der Waals surface area contributed by atoms with Crippen LogP contribution in [0.3, 0.4) is 0 Å². The van der Waals surface area contributed by atoms with Crippen molar-refractivity contribution in [3.8, 4) is 11.5 Å². The molecule has 5 rings (SSSR count). The Bertz CT molecular complexity index is 1470. The quantitative estimate of drug-likeness (QED) is 0.429. The Kier molecular flexibility index (Phi) is 6.38. The fourth-order valence-electron chi connectivity index (χ4n) is 4.46. The Morgan fingerprint density at radius 3 is 2.39 bits per heavy atom. The zero-order chi connectivity index (χ0) is 25.3. The third-order valence-electron chi connectivity index (χ3n) is 6.36. The fraction of sp³-hybridized carbons (Fsp3) is 0.231. The van der Waals surface area contributed by atoms with Crippen LogP contribution in [0.15, 0.2) is 77.7 Å². The highest BCUT2D eigenvalue weighted by Crippen LogP contribution is 2.32. The van der Waals surface area contributed by atoms with Gasteiger partial charge >= 0.3 is 0 Å². The normalized spacial score (nSPS) is 16.7. The molecular formula is C26H26N4O5S. The molecule has 1 aliphatic heterocycles. The Morgan fingerprint density at radius 1 is 0.944 bits per heavy atom.